The van der Waals surface area contributed by atoms with Gasteiger partial charge < -0.3 is 9.90 Å². The summed E-state index contributed by atoms with van der Waals surface area (Å²) >= 11 is 0. The van der Waals surface area contributed by atoms with Crippen LogP contribution in [-0.4, -0.2) is 5.97 Å². The molecule has 0 saturated heterocycles. The van der Waals surface area contributed by atoms with Crippen molar-refractivity contribution in [3.8, 4) is 0 Å². The van der Waals surface area contributed by atoms with Crippen molar-refractivity contribution in [3.63, 3.8) is 0 Å². The monoisotopic (exact) mass is 165 g/mol. The minimum Gasteiger partial charge on any atom is -0.545 e. The third kappa shape index (κ3) is 3.19. The number of benzene rings is 1. The van der Waals surface area contributed by atoms with Crippen LogP contribution in [0.2, 0.25) is 0 Å². The molecule has 1 rings (SSSR count). The average Bonchev–Trinajstić information content (AvgIpc) is 2.09. The molecule has 12 heavy (non-hydrogen) atoms. The van der Waals surface area contributed by atoms with Crippen LogP contribution in [0.25, 0.3) is 0 Å². The molecule has 0 spiro atoms. The third-order valence-electron chi connectivity index (χ3n) is 1.29. The SMILES string of the molecule is CC.Cc1ccc(C(=O)[O-])cc1. The molecule has 1 aromatic rings. The number of rotatable bonds is 1. The Morgan fingerprint density at radius 1 is 1.17 bits per heavy atom. The first-order chi connectivity index (χ1) is 5.70. The zero-order valence-electron chi connectivity index (χ0n) is 7.63. The van der Waals surface area contributed by atoms with E-state index in [2.05, 4.69) is 0 Å². The van der Waals surface area contributed by atoms with Crippen molar-refractivity contribution >= 4 is 5.97 Å². The van der Waals surface area contributed by atoms with Gasteiger partial charge in [0.05, 0.1) is 5.97 Å². The van der Waals surface area contributed by atoms with E-state index in [1.54, 1.807) is 12.1 Å². The van der Waals surface area contributed by atoms with Gasteiger partial charge >= 0.3 is 0 Å². The maximum atomic E-state index is 10.2. The van der Waals surface area contributed by atoms with E-state index in [4.69, 9.17) is 0 Å². The predicted octanol–water partition coefficient (Wildman–Crippen LogP) is 1.38. The van der Waals surface area contributed by atoms with E-state index in [-0.39, 0.29) is 5.56 Å². The Hall–Kier alpha value is -1.31. The lowest BCUT2D eigenvalue weighted by atomic mass is 10.2. The molecule has 0 radical (unpaired) electrons. The second-order valence-electron chi connectivity index (χ2n) is 2.15. The van der Waals surface area contributed by atoms with E-state index in [0.29, 0.717) is 0 Å². The maximum absolute atomic E-state index is 10.2. The molecule has 0 saturated carbocycles. The lowest BCUT2D eigenvalue weighted by Crippen LogP contribution is -2.21. The van der Waals surface area contributed by atoms with Gasteiger partial charge in [-0.2, -0.15) is 0 Å². The van der Waals surface area contributed by atoms with E-state index in [9.17, 15) is 9.90 Å². The summed E-state index contributed by atoms with van der Waals surface area (Å²) < 4.78 is 0. The van der Waals surface area contributed by atoms with Gasteiger partial charge in [0, 0.05) is 0 Å². The van der Waals surface area contributed by atoms with Crippen molar-refractivity contribution in [1.82, 2.24) is 0 Å². The van der Waals surface area contributed by atoms with E-state index < -0.39 is 5.97 Å². The van der Waals surface area contributed by atoms with Crippen molar-refractivity contribution in [1.29, 1.82) is 0 Å². The normalized spacial score (nSPS) is 8.25. The lowest BCUT2D eigenvalue weighted by molar-refractivity contribution is -0.255. The Morgan fingerprint density at radius 3 is 1.92 bits per heavy atom. The van der Waals surface area contributed by atoms with E-state index in [1.165, 1.54) is 12.1 Å². The summed E-state index contributed by atoms with van der Waals surface area (Å²) in [6.45, 7) is 5.90. The Kier molecular flexibility index (Phi) is 4.77. The zero-order valence-corrected chi connectivity index (χ0v) is 7.63. The first-order valence-electron chi connectivity index (χ1n) is 3.98. The second kappa shape index (κ2) is 5.35. The van der Waals surface area contributed by atoms with Crippen LogP contribution in [0, 0.1) is 6.92 Å². The molecule has 0 heterocycles. The fourth-order valence-corrected chi connectivity index (χ4v) is 0.690. The van der Waals surface area contributed by atoms with E-state index in [0.717, 1.165) is 5.56 Å². The summed E-state index contributed by atoms with van der Waals surface area (Å²) in [6, 6.07) is 6.55. The molecular formula is C10H13O2-. The van der Waals surface area contributed by atoms with Crippen molar-refractivity contribution in [2.75, 3.05) is 0 Å². The molecule has 2 nitrogen and oxygen atoms in total. The van der Waals surface area contributed by atoms with Gasteiger partial charge in [-0.25, -0.2) is 0 Å². The fourth-order valence-electron chi connectivity index (χ4n) is 0.690. The van der Waals surface area contributed by atoms with Gasteiger partial charge in [-0.1, -0.05) is 43.7 Å². The van der Waals surface area contributed by atoms with Crippen LogP contribution >= 0.6 is 0 Å². The van der Waals surface area contributed by atoms with Crippen molar-refractivity contribution in [2.24, 2.45) is 0 Å². The molecule has 0 N–H and O–H groups in total. The highest BCUT2D eigenvalue weighted by molar-refractivity contribution is 5.85. The first kappa shape index (κ1) is 10.7. The van der Waals surface area contributed by atoms with Gasteiger partial charge in [0.25, 0.3) is 0 Å². The van der Waals surface area contributed by atoms with Gasteiger partial charge in [-0.15, -0.1) is 0 Å². The van der Waals surface area contributed by atoms with Crippen molar-refractivity contribution in [2.45, 2.75) is 20.8 Å². The molecule has 0 aromatic heterocycles. The quantitative estimate of drug-likeness (QED) is 0.630. The Balaban J connectivity index is 0.000000561. The number of hydrogen-bond donors (Lipinski definition) is 0. The summed E-state index contributed by atoms with van der Waals surface area (Å²) in [7, 11) is 0. The summed E-state index contributed by atoms with van der Waals surface area (Å²) in [5.74, 6) is -1.12. The van der Waals surface area contributed by atoms with Crippen molar-refractivity contribution in [3.05, 3.63) is 35.4 Å². The standard InChI is InChI=1S/C8H8O2.C2H6/c1-6-2-4-7(5-3-6)8(9)10;1-2/h2-5H,1H3,(H,9,10);1-2H3/p-1. The van der Waals surface area contributed by atoms with Gasteiger partial charge in [0.15, 0.2) is 0 Å². The van der Waals surface area contributed by atoms with Gasteiger partial charge in [0.2, 0.25) is 0 Å². The minimum atomic E-state index is -1.12. The number of carbonyl (C=O) groups is 1. The highest BCUT2D eigenvalue weighted by Gasteiger charge is 1.89. The number of carboxylic acid groups (broad SMARTS) is 1. The summed E-state index contributed by atoms with van der Waals surface area (Å²) in [5.41, 5.74) is 1.27. The number of carbonyl (C=O) groups excluding carboxylic acids is 1. The summed E-state index contributed by atoms with van der Waals surface area (Å²) in [6.07, 6.45) is 0. The predicted molar refractivity (Wildman–Crippen MR) is 46.9 cm³/mol. The van der Waals surface area contributed by atoms with Gasteiger partial charge in [0.1, 0.15) is 0 Å². The molecule has 0 unspecified atom stereocenters. The molecule has 2 heteroatoms. The number of aromatic carboxylic acids is 1. The highest BCUT2D eigenvalue weighted by atomic mass is 16.4. The van der Waals surface area contributed by atoms with E-state index in [1.807, 2.05) is 20.8 Å². The molecule has 0 fully saturated rings. The summed E-state index contributed by atoms with van der Waals surface area (Å²) in [5, 5.41) is 10.2. The Labute approximate surface area is 72.9 Å². The Morgan fingerprint density at radius 2 is 1.58 bits per heavy atom. The van der Waals surface area contributed by atoms with Gasteiger partial charge in [-0.3, -0.25) is 0 Å². The number of aryl methyl sites for hydroxylation is 1. The lowest BCUT2D eigenvalue weighted by Gasteiger charge is -2.00. The largest absolute Gasteiger partial charge is 0.545 e. The highest BCUT2D eigenvalue weighted by Crippen LogP contribution is 2.00. The average molecular weight is 165 g/mol. The van der Waals surface area contributed by atoms with Crippen LogP contribution in [0.4, 0.5) is 0 Å². The maximum Gasteiger partial charge on any atom is 0.0715 e. The van der Waals surface area contributed by atoms with Crippen LogP contribution < -0.4 is 5.11 Å². The van der Waals surface area contributed by atoms with Crippen LogP contribution in [0.15, 0.2) is 24.3 Å². The first-order valence-corrected chi connectivity index (χ1v) is 3.98. The van der Waals surface area contributed by atoms with E-state index >= 15 is 0 Å². The van der Waals surface area contributed by atoms with Crippen LogP contribution in [0.3, 0.4) is 0 Å². The van der Waals surface area contributed by atoms with Gasteiger partial charge in [-0.05, 0) is 12.5 Å². The van der Waals surface area contributed by atoms with Crippen LogP contribution in [-0.2, 0) is 0 Å². The third-order valence-corrected chi connectivity index (χ3v) is 1.29. The van der Waals surface area contributed by atoms with Crippen molar-refractivity contribution < 1.29 is 9.90 Å². The topological polar surface area (TPSA) is 40.1 Å². The molecular weight excluding hydrogens is 152 g/mol. The number of carboxylic acids is 1. The number of hydrogen-bond acceptors (Lipinski definition) is 2. The summed E-state index contributed by atoms with van der Waals surface area (Å²) in [4.78, 5) is 10.2. The zero-order chi connectivity index (χ0) is 9.56. The molecule has 0 aliphatic rings. The molecule has 0 aliphatic heterocycles. The molecule has 0 atom stereocenters. The molecule has 0 bridgehead atoms. The van der Waals surface area contributed by atoms with Crippen LogP contribution in [0.1, 0.15) is 29.8 Å². The minimum absolute atomic E-state index is 0.227. The van der Waals surface area contributed by atoms with Crippen LogP contribution in [0.5, 0.6) is 0 Å². The molecule has 0 amide bonds. The molecule has 66 valence electrons. The Bertz CT molecular complexity index is 237. The fraction of sp³-hybridized carbons (Fsp3) is 0.300. The smallest absolute Gasteiger partial charge is 0.0715 e. The second-order valence-corrected chi connectivity index (χ2v) is 2.15. The molecule has 1 aromatic carbocycles. The molecule has 0 aliphatic carbocycles.